The van der Waals surface area contributed by atoms with Crippen molar-refractivity contribution in [1.29, 1.82) is 0 Å². The highest BCUT2D eigenvalue weighted by molar-refractivity contribution is 7.89. The van der Waals surface area contributed by atoms with Crippen LogP contribution in [0.1, 0.15) is 17.5 Å². The number of morpholine rings is 1. The number of ether oxygens (including phenoxy) is 1. The van der Waals surface area contributed by atoms with Crippen LogP contribution >= 0.6 is 11.3 Å². The lowest BCUT2D eigenvalue weighted by Gasteiger charge is -2.26. The quantitative estimate of drug-likeness (QED) is 0.359. The van der Waals surface area contributed by atoms with E-state index in [1.165, 1.54) is 33.3 Å². The van der Waals surface area contributed by atoms with Gasteiger partial charge in [0.2, 0.25) is 14.8 Å². The molecule has 0 bridgehead atoms. The standard InChI is InChI=1S/C28H25FN4O3S2/c29-22-8-5-21(6-9-22)27-19-37-28(33(27)31-26-14-7-20-3-1-2-4-25(20)26)30-23-10-12-24(13-11-23)38(34,35)32-15-17-36-18-16-32/h1-6,8-13,19H,7,14-18H2. The van der Waals surface area contributed by atoms with Gasteiger partial charge < -0.3 is 4.74 Å². The molecule has 6 rings (SSSR count). The molecule has 3 aromatic carbocycles. The van der Waals surface area contributed by atoms with Crippen LogP contribution in [0.2, 0.25) is 0 Å². The third kappa shape index (κ3) is 4.88. The van der Waals surface area contributed by atoms with Gasteiger partial charge in [-0.05, 0) is 66.9 Å². The zero-order chi connectivity index (χ0) is 26.1. The molecule has 2 aliphatic rings. The minimum Gasteiger partial charge on any atom is -0.379 e. The third-order valence-corrected chi connectivity index (χ3v) is 9.40. The SMILES string of the molecule is O=S(=O)(c1ccc(N=c2scc(-c3ccc(F)cc3)n2N=C2CCc3ccccc32)cc1)N1CCOCC1. The largest absolute Gasteiger partial charge is 0.379 e. The molecule has 38 heavy (non-hydrogen) atoms. The van der Waals surface area contributed by atoms with Crippen molar-refractivity contribution < 1.29 is 17.5 Å². The van der Waals surface area contributed by atoms with Gasteiger partial charge in [0.25, 0.3) is 0 Å². The van der Waals surface area contributed by atoms with E-state index in [9.17, 15) is 12.8 Å². The predicted molar refractivity (Wildman–Crippen MR) is 146 cm³/mol. The Bertz CT molecular complexity index is 1670. The molecule has 1 aromatic heterocycles. The lowest BCUT2D eigenvalue weighted by Crippen LogP contribution is -2.40. The summed E-state index contributed by atoms with van der Waals surface area (Å²) in [7, 11) is -3.58. The Hall–Kier alpha value is -3.44. The number of benzene rings is 3. The normalized spacial score (nSPS) is 17.7. The summed E-state index contributed by atoms with van der Waals surface area (Å²) in [4.78, 5) is 5.67. The molecule has 0 saturated carbocycles. The summed E-state index contributed by atoms with van der Waals surface area (Å²) in [5.41, 5.74) is 5.60. The minimum atomic E-state index is -3.58. The third-order valence-electron chi connectivity index (χ3n) is 6.67. The molecule has 4 aromatic rings. The Morgan fingerprint density at radius 3 is 2.39 bits per heavy atom. The van der Waals surface area contributed by atoms with E-state index < -0.39 is 10.0 Å². The summed E-state index contributed by atoms with van der Waals surface area (Å²) in [6, 6.07) is 21.1. The number of nitrogens with zero attached hydrogens (tertiary/aromatic N) is 4. The molecule has 1 aliphatic carbocycles. The fraction of sp³-hybridized carbons (Fsp3) is 0.214. The van der Waals surface area contributed by atoms with Gasteiger partial charge in [0, 0.05) is 29.6 Å². The van der Waals surface area contributed by atoms with Crippen molar-refractivity contribution in [3.05, 3.63) is 99.9 Å². The zero-order valence-electron chi connectivity index (χ0n) is 20.5. The molecule has 0 spiro atoms. The average molecular weight is 549 g/mol. The second-order valence-corrected chi connectivity index (χ2v) is 11.8. The van der Waals surface area contributed by atoms with Crippen molar-refractivity contribution in [2.75, 3.05) is 26.3 Å². The van der Waals surface area contributed by atoms with Gasteiger partial charge in [0.05, 0.1) is 35.2 Å². The van der Waals surface area contributed by atoms with Crippen LogP contribution in [-0.4, -0.2) is 49.4 Å². The van der Waals surface area contributed by atoms with E-state index in [1.54, 1.807) is 41.1 Å². The second kappa shape index (κ2) is 10.4. The van der Waals surface area contributed by atoms with Crippen molar-refractivity contribution in [3.63, 3.8) is 0 Å². The highest BCUT2D eigenvalue weighted by atomic mass is 32.2. The average Bonchev–Trinajstić information content (AvgIpc) is 3.54. The monoisotopic (exact) mass is 548 g/mol. The number of hydrogen-bond acceptors (Lipinski definition) is 6. The van der Waals surface area contributed by atoms with Gasteiger partial charge in [-0.15, -0.1) is 11.3 Å². The Morgan fingerprint density at radius 1 is 0.895 bits per heavy atom. The number of fused-ring (bicyclic) bond motifs is 1. The van der Waals surface area contributed by atoms with E-state index in [0.29, 0.717) is 36.8 Å². The molecule has 0 amide bonds. The summed E-state index contributed by atoms with van der Waals surface area (Å²) in [5, 5.41) is 6.97. The van der Waals surface area contributed by atoms with Gasteiger partial charge in [-0.25, -0.2) is 22.5 Å². The van der Waals surface area contributed by atoms with E-state index in [0.717, 1.165) is 35.4 Å². The highest BCUT2D eigenvalue weighted by Crippen LogP contribution is 2.26. The molecule has 1 saturated heterocycles. The van der Waals surface area contributed by atoms with Crippen molar-refractivity contribution >= 4 is 32.8 Å². The molecule has 0 unspecified atom stereocenters. The van der Waals surface area contributed by atoms with Crippen LogP contribution in [0.4, 0.5) is 10.1 Å². The summed E-state index contributed by atoms with van der Waals surface area (Å²) < 4.78 is 48.1. The Kier molecular flexibility index (Phi) is 6.79. The van der Waals surface area contributed by atoms with Crippen LogP contribution < -0.4 is 4.80 Å². The predicted octanol–water partition coefficient (Wildman–Crippen LogP) is 4.81. The van der Waals surface area contributed by atoms with E-state index in [1.807, 2.05) is 17.5 Å². The van der Waals surface area contributed by atoms with Crippen molar-refractivity contribution in [2.45, 2.75) is 17.7 Å². The first-order valence-electron chi connectivity index (χ1n) is 12.3. The molecule has 10 heteroatoms. The fourth-order valence-electron chi connectivity index (χ4n) is 4.66. The highest BCUT2D eigenvalue weighted by Gasteiger charge is 2.26. The molecule has 1 aliphatic heterocycles. The lowest BCUT2D eigenvalue weighted by atomic mass is 10.1. The number of aromatic nitrogens is 1. The van der Waals surface area contributed by atoms with Crippen LogP contribution in [0.15, 0.2) is 93.2 Å². The van der Waals surface area contributed by atoms with E-state index in [-0.39, 0.29) is 10.7 Å². The van der Waals surface area contributed by atoms with Crippen molar-refractivity contribution in [2.24, 2.45) is 10.1 Å². The first-order chi connectivity index (χ1) is 18.5. The van der Waals surface area contributed by atoms with Gasteiger partial charge >= 0.3 is 0 Å². The Labute approximate surface area is 224 Å². The number of halogens is 1. The number of hydrogen-bond donors (Lipinski definition) is 0. The van der Waals surface area contributed by atoms with Gasteiger partial charge in [-0.1, -0.05) is 24.3 Å². The second-order valence-electron chi connectivity index (χ2n) is 9.05. The lowest BCUT2D eigenvalue weighted by molar-refractivity contribution is 0.0730. The molecule has 1 fully saturated rings. The smallest absolute Gasteiger partial charge is 0.243 e. The number of sulfonamides is 1. The van der Waals surface area contributed by atoms with Crippen molar-refractivity contribution in [3.8, 4) is 11.3 Å². The fourth-order valence-corrected chi connectivity index (χ4v) is 6.92. The van der Waals surface area contributed by atoms with Crippen LogP contribution in [0, 0.1) is 5.82 Å². The van der Waals surface area contributed by atoms with E-state index >= 15 is 0 Å². The molecule has 194 valence electrons. The van der Waals surface area contributed by atoms with Crippen LogP contribution in [0.5, 0.6) is 0 Å². The van der Waals surface area contributed by atoms with Crippen LogP contribution in [0.3, 0.4) is 0 Å². The van der Waals surface area contributed by atoms with Gasteiger partial charge in [0.1, 0.15) is 5.82 Å². The number of rotatable bonds is 5. The zero-order valence-corrected chi connectivity index (χ0v) is 22.1. The molecular formula is C28H25FN4O3S2. The topological polar surface area (TPSA) is 76.3 Å². The molecular weight excluding hydrogens is 523 g/mol. The van der Waals surface area contributed by atoms with Gasteiger partial charge in [-0.2, -0.15) is 9.41 Å². The van der Waals surface area contributed by atoms with Crippen molar-refractivity contribution in [1.82, 2.24) is 8.98 Å². The Morgan fingerprint density at radius 2 is 1.63 bits per heavy atom. The maximum atomic E-state index is 13.6. The number of aryl methyl sites for hydroxylation is 1. The minimum absolute atomic E-state index is 0.229. The summed E-state index contributed by atoms with van der Waals surface area (Å²) in [6.45, 7) is 1.49. The van der Waals surface area contributed by atoms with E-state index in [2.05, 4.69) is 12.1 Å². The maximum absolute atomic E-state index is 13.6. The molecule has 0 radical (unpaired) electrons. The number of thiazole rings is 1. The molecule has 0 N–H and O–H groups in total. The van der Waals surface area contributed by atoms with Gasteiger partial charge in [-0.3, -0.25) is 0 Å². The first kappa shape index (κ1) is 24.9. The van der Waals surface area contributed by atoms with Gasteiger partial charge in [0.15, 0.2) is 0 Å². The molecule has 2 heterocycles. The Balaban J connectivity index is 1.40. The molecule has 7 nitrogen and oxygen atoms in total. The van der Waals surface area contributed by atoms with Crippen LogP contribution in [0.25, 0.3) is 11.3 Å². The summed E-state index contributed by atoms with van der Waals surface area (Å²) in [6.07, 6.45) is 1.75. The first-order valence-corrected chi connectivity index (χ1v) is 14.7. The maximum Gasteiger partial charge on any atom is 0.243 e. The molecule has 0 atom stereocenters. The van der Waals surface area contributed by atoms with E-state index in [4.69, 9.17) is 14.8 Å². The van der Waals surface area contributed by atoms with Crippen LogP contribution in [-0.2, 0) is 21.2 Å². The summed E-state index contributed by atoms with van der Waals surface area (Å²) >= 11 is 1.42. The summed E-state index contributed by atoms with van der Waals surface area (Å²) in [5.74, 6) is -0.302.